The predicted octanol–water partition coefficient (Wildman–Crippen LogP) is 2.84. The Bertz CT molecular complexity index is 629. The van der Waals surface area contributed by atoms with Gasteiger partial charge in [-0.3, -0.25) is 4.79 Å². The number of nitrogens with two attached hydrogens (primary N) is 1. The number of hydrogen-bond acceptors (Lipinski definition) is 5. The van der Waals surface area contributed by atoms with E-state index in [9.17, 15) is 13.2 Å². The number of halogens is 1. The second-order valence-electron chi connectivity index (χ2n) is 6.06. The highest BCUT2D eigenvalue weighted by molar-refractivity contribution is 8.00. The van der Waals surface area contributed by atoms with E-state index < -0.39 is 15.9 Å². The summed E-state index contributed by atoms with van der Waals surface area (Å²) >= 11 is 1.89. The van der Waals surface area contributed by atoms with Crippen molar-refractivity contribution < 1.29 is 13.2 Å². The van der Waals surface area contributed by atoms with E-state index in [1.165, 1.54) is 30.6 Å². The summed E-state index contributed by atoms with van der Waals surface area (Å²) in [6.45, 7) is 0. The number of nitrogens with one attached hydrogen (secondary N) is 1. The van der Waals surface area contributed by atoms with Gasteiger partial charge in [0, 0.05) is 22.1 Å². The molecule has 2 rings (SSSR count). The average molecular weight is 393 g/mol. The van der Waals surface area contributed by atoms with Crippen LogP contribution in [0.2, 0.25) is 0 Å². The summed E-state index contributed by atoms with van der Waals surface area (Å²) in [5, 5.41) is 3.44. The Morgan fingerprint density at radius 2 is 1.88 bits per heavy atom. The van der Waals surface area contributed by atoms with Crippen LogP contribution in [-0.4, -0.2) is 37.6 Å². The highest BCUT2D eigenvalue weighted by Crippen LogP contribution is 2.34. The van der Waals surface area contributed by atoms with Gasteiger partial charge in [0.2, 0.25) is 5.91 Å². The molecular formula is C16H25ClN2O3S2. The molecule has 1 saturated carbocycles. The summed E-state index contributed by atoms with van der Waals surface area (Å²) in [5.41, 5.74) is 6.41. The number of carbonyl (C=O) groups excluding carboxylic acids is 1. The zero-order chi connectivity index (χ0) is 16.9. The second kappa shape index (κ2) is 9.65. The molecule has 136 valence electrons. The van der Waals surface area contributed by atoms with Crippen LogP contribution in [0.15, 0.2) is 29.2 Å². The van der Waals surface area contributed by atoms with Crippen molar-refractivity contribution in [1.29, 1.82) is 0 Å². The van der Waals surface area contributed by atoms with Crippen LogP contribution < -0.4 is 11.1 Å². The minimum Gasteiger partial charge on any atom is -0.325 e. The van der Waals surface area contributed by atoms with Crippen LogP contribution in [0.4, 0.5) is 5.69 Å². The molecule has 3 N–H and O–H groups in total. The molecule has 0 aromatic heterocycles. The summed E-state index contributed by atoms with van der Waals surface area (Å²) in [7, 11) is -3.11. The quantitative estimate of drug-likeness (QED) is 0.744. The van der Waals surface area contributed by atoms with Gasteiger partial charge < -0.3 is 11.1 Å². The normalized spacial score (nSPS) is 16.4. The minimum absolute atomic E-state index is 0. The Hall–Kier alpha value is -0.760. The number of hydrogen-bond donors (Lipinski definition) is 2. The summed E-state index contributed by atoms with van der Waals surface area (Å²) in [4.78, 5) is 13.2. The number of benzene rings is 1. The summed E-state index contributed by atoms with van der Waals surface area (Å²) < 4.78 is 22.2. The SMILES string of the molecule is CS(=O)(=O)CCC(N)C(=O)Nc1ccc(SC2CCCC2)cc1.Cl. The third kappa shape index (κ3) is 7.42. The van der Waals surface area contributed by atoms with Gasteiger partial charge in [-0.05, 0) is 43.5 Å². The van der Waals surface area contributed by atoms with Crippen LogP contribution in [0.3, 0.4) is 0 Å². The first-order chi connectivity index (χ1) is 10.8. The van der Waals surface area contributed by atoms with Gasteiger partial charge in [0.25, 0.3) is 0 Å². The lowest BCUT2D eigenvalue weighted by atomic mass is 10.2. The molecule has 1 aromatic carbocycles. The van der Waals surface area contributed by atoms with E-state index in [-0.39, 0.29) is 30.5 Å². The van der Waals surface area contributed by atoms with Crippen LogP contribution in [-0.2, 0) is 14.6 Å². The number of amides is 1. The smallest absolute Gasteiger partial charge is 0.241 e. The lowest BCUT2D eigenvalue weighted by Crippen LogP contribution is -2.37. The van der Waals surface area contributed by atoms with Crippen molar-refractivity contribution in [2.75, 3.05) is 17.3 Å². The first kappa shape index (κ1) is 21.3. The van der Waals surface area contributed by atoms with Crippen molar-refractivity contribution in [3.05, 3.63) is 24.3 Å². The zero-order valence-corrected chi connectivity index (χ0v) is 16.2. The molecule has 0 radical (unpaired) electrons. The van der Waals surface area contributed by atoms with Crippen molar-refractivity contribution in [2.24, 2.45) is 5.73 Å². The molecule has 1 aliphatic carbocycles. The lowest BCUT2D eigenvalue weighted by Gasteiger charge is -2.13. The topological polar surface area (TPSA) is 89.3 Å². The van der Waals surface area contributed by atoms with E-state index in [1.807, 2.05) is 36.0 Å². The minimum atomic E-state index is -3.11. The molecule has 5 nitrogen and oxygen atoms in total. The number of thioether (sulfide) groups is 1. The number of carbonyl (C=O) groups is 1. The van der Waals surface area contributed by atoms with Crippen molar-refractivity contribution in [3.8, 4) is 0 Å². The molecule has 0 spiro atoms. The Morgan fingerprint density at radius 3 is 2.42 bits per heavy atom. The first-order valence-corrected chi connectivity index (χ1v) is 10.8. The Labute approximate surface area is 154 Å². The Morgan fingerprint density at radius 1 is 1.29 bits per heavy atom. The van der Waals surface area contributed by atoms with Crippen molar-refractivity contribution >= 4 is 45.6 Å². The first-order valence-electron chi connectivity index (χ1n) is 7.84. The van der Waals surface area contributed by atoms with Crippen molar-refractivity contribution in [1.82, 2.24) is 0 Å². The van der Waals surface area contributed by atoms with E-state index in [2.05, 4.69) is 5.32 Å². The molecule has 1 amide bonds. The van der Waals surface area contributed by atoms with Gasteiger partial charge in [-0.25, -0.2) is 8.42 Å². The fourth-order valence-electron chi connectivity index (χ4n) is 2.52. The molecular weight excluding hydrogens is 368 g/mol. The van der Waals surface area contributed by atoms with Crippen LogP contribution in [0, 0.1) is 0 Å². The average Bonchev–Trinajstić information content (AvgIpc) is 2.99. The largest absolute Gasteiger partial charge is 0.325 e. The van der Waals surface area contributed by atoms with Gasteiger partial charge in [0.15, 0.2) is 0 Å². The highest BCUT2D eigenvalue weighted by Gasteiger charge is 2.17. The highest BCUT2D eigenvalue weighted by atomic mass is 35.5. The monoisotopic (exact) mass is 392 g/mol. The van der Waals surface area contributed by atoms with E-state index in [1.54, 1.807) is 0 Å². The Kier molecular flexibility index (Phi) is 8.56. The lowest BCUT2D eigenvalue weighted by molar-refractivity contribution is -0.117. The molecule has 0 saturated heterocycles. The number of anilines is 1. The molecule has 1 aromatic rings. The zero-order valence-electron chi connectivity index (χ0n) is 13.7. The molecule has 0 aliphatic heterocycles. The van der Waals surface area contributed by atoms with Crippen LogP contribution >= 0.6 is 24.2 Å². The molecule has 1 unspecified atom stereocenters. The van der Waals surface area contributed by atoms with Gasteiger partial charge in [-0.2, -0.15) is 0 Å². The van der Waals surface area contributed by atoms with Gasteiger partial charge in [0.1, 0.15) is 9.84 Å². The van der Waals surface area contributed by atoms with Gasteiger partial charge in [-0.1, -0.05) is 12.8 Å². The van der Waals surface area contributed by atoms with E-state index in [0.29, 0.717) is 10.9 Å². The number of rotatable bonds is 7. The third-order valence-electron chi connectivity index (χ3n) is 3.86. The number of sulfone groups is 1. The molecule has 0 heterocycles. The molecule has 1 aliphatic rings. The van der Waals surface area contributed by atoms with E-state index >= 15 is 0 Å². The van der Waals surface area contributed by atoms with Gasteiger partial charge in [0.05, 0.1) is 11.8 Å². The molecule has 1 fully saturated rings. The standard InChI is InChI=1S/C16H24N2O3S2.ClH/c1-23(20,21)11-10-15(17)16(19)18-12-6-8-14(9-7-12)22-13-4-2-3-5-13;/h6-9,13,15H,2-5,10-11,17H2,1H3,(H,18,19);1H. The molecule has 8 heteroatoms. The van der Waals surface area contributed by atoms with Crippen molar-refractivity contribution in [3.63, 3.8) is 0 Å². The maximum Gasteiger partial charge on any atom is 0.241 e. The van der Waals surface area contributed by atoms with E-state index in [4.69, 9.17) is 5.73 Å². The van der Waals surface area contributed by atoms with E-state index in [0.717, 1.165) is 6.26 Å². The Balaban J connectivity index is 0.00000288. The molecule has 0 bridgehead atoms. The fraction of sp³-hybridized carbons (Fsp3) is 0.562. The van der Waals surface area contributed by atoms with Gasteiger partial charge in [-0.15, -0.1) is 24.2 Å². The fourth-order valence-corrected chi connectivity index (χ4v) is 4.45. The predicted molar refractivity (Wildman–Crippen MR) is 103 cm³/mol. The summed E-state index contributed by atoms with van der Waals surface area (Å²) in [6.07, 6.45) is 6.45. The van der Waals surface area contributed by atoms with Crippen molar-refractivity contribution in [2.45, 2.75) is 48.3 Å². The molecule has 1 atom stereocenters. The van der Waals surface area contributed by atoms with Crippen LogP contribution in [0.5, 0.6) is 0 Å². The van der Waals surface area contributed by atoms with Crippen LogP contribution in [0.1, 0.15) is 32.1 Å². The second-order valence-corrected chi connectivity index (χ2v) is 9.70. The molecule has 24 heavy (non-hydrogen) atoms. The summed E-state index contributed by atoms with van der Waals surface area (Å²) in [5.74, 6) is -0.441. The van der Waals surface area contributed by atoms with Crippen LogP contribution in [0.25, 0.3) is 0 Å². The van der Waals surface area contributed by atoms with Gasteiger partial charge >= 0.3 is 0 Å². The third-order valence-corrected chi connectivity index (χ3v) is 6.19. The maximum absolute atomic E-state index is 12.0. The maximum atomic E-state index is 12.0. The summed E-state index contributed by atoms with van der Waals surface area (Å²) in [6, 6.07) is 6.90.